The molecule has 218 valence electrons. The number of H-pyrrole nitrogens is 1. The molecule has 0 bridgehead atoms. The van der Waals surface area contributed by atoms with Gasteiger partial charge in [0.15, 0.2) is 0 Å². The van der Waals surface area contributed by atoms with E-state index in [9.17, 15) is 19.1 Å². The van der Waals surface area contributed by atoms with Crippen LogP contribution in [0.5, 0.6) is 5.75 Å². The third kappa shape index (κ3) is 5.73. The highest BCUT2D eigenvalue weighted by Crippen LogP contribution is 2.39. The van der Waals surface area contributed by atoms with Gasteiger partial charge in [0.2, 0.25) is 11.8 Å². The van der Waals surface area contributed by atoms with E-state index in [1.807, 2.05) is 59.5 Å². The summed E-state index contributed by atoms with van der Waals surface area (Å²) in [6, 6.07) is 23.5. The molecule has 1 aliphatic heterocycles. The Hall–Kier alpha value is -4.98. The van der Waals surface area contributed by atoms with Crippen molar-refractivity contribution in [3.8, 4) is 28.1 Å². The highest BCUT2D eigenvalue weighted by molar-refractivity contribution is 5.89. The first-order valence-corrected chi connectivity index (χ1v) is 14.4. The molecule has 1 fully saturated rings. The number of nitrogens with zero attached hydrogens (tertiary/aromatic N) is 2. The minimum atomic E-state index is -0.634. The number of piperidine rings is 1. The molecule has 5 aromatic rings. The van der Waals surface area contributed by atoms with Gasteiger partial charge in [0.05, 0.1) is 29.2 Å². The van der Waals surface area contributed by atoms with Gasteiger partial charge in [-0.05, 0) is 66.3 Å². The minimum Gasteiger partial charge on any atom is -0.507 e. The Morgan fingerprint density at radius 3 is 2.37 bits per heavy atom. The monoisotopic (exact) mass is 576 g/mol. The highest BCUT2D eigenvalue weighted by atomic mass is 19.1. The summed E-state index contributed by atoms with van der Waals surface area (Å²) in [4.78, 5) is 35.5. The molecule has 3 aromatic carbocycles. The number of aromatic hydroxyl groups is 1. The summed E-state index contributed by atoms with van der Waals surface area (Å²) in [7, 11) is 1.63. The second-order valence-corrected chi connectivity index (χ2v) is 11.3. The predicted octanol–water partition coefficient (Wildman–Crippen LogP) is 5.88. The molecule has 0 atom stereocenters. The fourth-order valence-corrected chi connectivity index (χ4v) is 6.13. The average Bonchev–Trinajstić information content (AvgIpc) is 3.47. The van der Waals surface area contributed by atoms with E-state index in [-0.39, 0.29) is 29.8 Å². The zero-order chi connectivity index (χ0) is 30.0. The van der Waals surface area contributed by atoms with E-state index >= 15 is 0 Å². The molecule has 2 aromatic heterocycles. The Kier molecular flexibility index (Phi) is 7.67. The molecular weight excluding hydrogens is 543 g/mol. The van der Waals surface area contributed by atoms with Crippen LogP contribution >= 0.6 is 0 Å². The third-order valence-corrected chi connectivity index (χ3v) is 8.61. The Morgan fingerprint density at radius 1 is 0.977 bits per heavy atom. The van der Waals surface area contributed by atoms with Crippen molar-refractivity contribution >= 4 is 22.7 Å². The van der Waals surface area contributed by atoms with Gasteiger partial charge in [0.1, 0.15) is 11.6 Å². The molecule has 2 amide bonds. The Labute approximate surface area is 249 Å². The molecule has 43 heavy (non-hydrogen) atoms. The molecule has 0 radical (unpaired) electrons. The number of phenols is 1. The van der Waals surface area contributed by atoms with E-state index in [1.165, 1.54) is 12.1 Å². The number of carbonyl (C=O) groups is 2. The van der Waals surface area contributed by atoms with E-state index in [4.69, 9.17) is 0 Å². The standard InChI is InChI=1S/C35H33FN4O3/c1-37-34(43)35(21-24-7-11-27(36)12-8-24)14-17-40(18-15-35)32(41)19-23-5-9-25(10-6-23)28-3-2-4-29(33(28)42)30-20-26-13-16-38-22-31(26)39-30/h2-13,16,20,22,39,42H,14-15,17-19,21H2,1H3,(H,37,43). The van der Waals surface area contributed by atoms with Crippen LogP contribution in [0.2, 0.25) is 0 Å². The van der Waals surface area contributed by atoms with Gasteiger partial charge >= 0.3 is 0 Å². The van der Waals surface area contributed by atoms with Crippen molar-refractivity contribution in [2.45, 2.75) is 25.7 Å². The van der Waals surface area contributed by atoms with Crippen LogP contribution in [0.1, 0.15) is 24.0 Å². The summed E-state index contributed by atoms with van der Waals surface area (Å²) >= 11 is 0. The molecule has 3 N–H and O–H groups in total. The number of fused-ring (bicyclic) bond motifs is 1. The summed E-state index contributed by atoms with van der Waals surface area (Å²) in [5, 5.41) is 15.0. The molecule has 8 heteroatoms. The van der Waals surface area contributed by atoms with Crippen molar-refractivity contribution in [3.05, 3.63) is 108 Å². The maximum Gasteiger partial charge on any atom is 0.226 e. The van der Waals surface area contributed by atoms with E-state index < -0.39 is 5.41 Å². The smallest absolute Gasteiger partial charge is 0.226 e. The SMILES string of the molecule is CNC(=O)C1(Cc2ccc(F)cc2)CCN(C(=O)Cc2ccc(-c3cccc(-c4cc5ccncc5[nH]4)c3O)cc2)CC1. The van der Waals surface area contributed by atoms with E-state index in [1.54, 1.807) is 31.6 Å². The number of hydrogen-bond acceptors (Lipinski definition) is 4. The highest BCUT2D eigenvalue weighted by Gasteiger charge is 2.41. The van der Waals surface area contributed by atoms with Gasteiger partial charge in [0, 0.05) is 42.8 Å². The maximum absolute atomic E-state index is 13.4. The molecule has 1 aliphatic rings. The van der Waals surface area contributed by atoms with Crippen LogP contribution in [-0.4, -0.2) is 51.9 Å². The molecule has 1 saturated heterocycles. The van der Waals surface area contributed by atoms with E-state index in [0.29, 0.717) is 43.5 Å². The number of para-hydroxylation sites is 1. The van der Waals surface area contributed by atoms with Gasteiger partial charge in [0.25, 0.3) is 0 Å². The van der Waals surface area contributed by atoms with Crippen molar-refractivity contribution in [1.82, 2.24) is 20.2 Å². The number of carbonyl (C=O) groups excluding carboxylic acids is 2. The number of likely N-dealkylation sites (tertiary alicyclic amines) is 1. The molecule has 6 rings (SSSR count). The quantitative estimate of drug-likeness (QED) is 0.225. The van der Waals surface area contributed by atoms with Gasteiger partial charge in [-0.25, -0.2) is 4.39 Å². The van der Waals surface area contributed by atoms with Gasteiger partial charge in [-0.1, -0.05) is 48.5 Å². The number of aromatic nitrogens is 2. The maximum atomic E-state index is 13.4. The van der Waals surface area contributed by atoms with Crippen molar-refractivity contribution < 1.29 is 19.1 Å². The van der Waals surface area contributed by atoms with Crippen LogP contribution < -0.4 is 5.32 Å². The average molecular weight is 577 g/mol. The lowest BCUT2D eigenvalue weighted by atomic mass is 9.73. The number of phenolic OH excluding ortho intramolecular Hbond substituents is 1. The number of halogens is 1. The summed E-state index contributed by atoms with van der Waals surface area (Å²) in [5.41, 5.74) is 5.11. The Bertz CT molecular complexity index is 1740. The largest absolute Gasteiger partial charge is 0.507 e. The van der Waals surface area contributed by atoms with Crippen LogP contribution in [0.25, 0.3) is 33.3 Å². The number of hydrogen-bond donors (Lipinski definition) is 3. The van der Waals surface area contributed by atoms with Crippen LogP contribution in [0.15, 0.2) is 91.3 Å². The first-order valence-electron chi connectivity index (χ1n) is 14.4. The van der Waals surface area contributed by atoms with Crippen molar-refractivity contribution in [2.24, 2.45) is 5.41 Å². The second kappa shape index (κ2) is 11.7. The topological polar surface area (TPSA) is 98.3 Å². The van der Waals surface area contributed by atoms with Crippen LogP contribution in [-0.2, 0) is 22.4 Å². The lowest BCUT2D eigenvalue weighted by Gasteiger charge is -2.40. The van der Waals surface area contributed by atoms with E-state index in [2.05, 4.69) is 15.3 Å². The lowest BCUT2D eigenvalue weighted by Crippen LogP contribution is -2.50. The minimum absolute atomic E-state index is 0.0122. The zero-order valence-electron chi connectivity index (χ0n) is 23.9. The molecular formula is C35H33FN4O3. The van der Waals surface area contributed by atoms with Crippen LogP contribution in [0, 0.1) is 11.2 Å². The number of benzene rings is 3. The molecule has 0 spiro atoms. The first kappa shape index (κ1) is 28.2. The molecule has 0 unspecified atom stereocenters. The normalized spacial score (nSPS) is 14.5. The molecule has 3 heterocycles. The third-order valence-electron chi connectivity index (χ3n) is 8.61. The van der Waals surface area contributed by atoms with Gasteiger partial charge < -0.3 is 20.3 Å². The van der Waals surface area contributed by atoms with Crippen LogP contribution in [0.3, 0.4) is 0 Å². The molecule has 0 saturated carbocycles. The number of nitrogens with one attached hydrogen (secondary N) is 2. The van der Waals surface area contributed by atoms with Gasteiger partial charge in [-0.15, -0.1) is 0 Å². The van der Waals surface area contributed by atoms with Crippen molar-refractivity contribution in [2.75, 3.05) is 20.1 Å². The van der Waals surface area contributed by atoms with Gasteiger partial charge in [-0.3, -0.25) is 14.6 Å². The number of rotatable bonds is 7. The molecule has 7 nitrogen and oxygen atoms in total. The number of amides is 2. The fraction of sp³-hybridized carbons (Fsp3) is 0.229. The predicted molar refractivity (Wildman–Crippen MR) is 165 cm³/mol. The number of pyridine rings is 1. The van der Waals surface area contributed by atoms with Gasteiger partial charge in [-0.2, -0.15) is 0 Å². The lowest BCUT2D eigenvalue weighted by molar-refractivity contribution is -0.140. The number of aromatic amines is 1. The summed E-state index contributed by atoms with van der Waals surface area (Å²) < 4.78 is 13.4. The zero-order valence-corrected chi connectivity index (χ0v) is 23.9. The second-order valence-electron chi connectivity index (χ2n) is 11.3. The van der Waals surface area contributed by atoms with Crippen LogP contribution in [0.4, 0.5) is 4.39 Å². The fourth-order valence-electron chi connectivity index (χ4n) is 6.13. The Balaban J connectivity index is 1.12. The summed E-state index contributed by atoms with van der Waals surface area (Å²) in [6.45, 7) is 0.964. The summed E-state index contributed by atoms with van der Waals surface area (Å²) in [6.07, 6.45) is 5.33. The Morgan fingerprint density at radius 2 is 1.67 bits per heavy atom. The van der Waals surface area contributed by atoms with E-state index in [0.717, 1.165) is 33.3 Å². The summed E-state index contributed by atoms with van der Waals surface area (Å²) in [5.74, 6) is -0.161. The van der Waals surface area contributed by atoms with Crippen molar-refractivity contribution in [1.29, 1.82) is 0 Å². The first-order chi connectivity index (χ1) is 20.8. The van der Waals surface area contributed by atoms with Crippen molar-refractivity contribution in [3.63, 3.8) is 0 Å². The molecule has 0 aliphatic carbocycles.